The van der Waals surface area contributed by atoms with E-state index in [1.165, 1.54) is 23.1 Å². The van der Waals surface area contributed by atoms with Gasteiger partial charge in [-0.3, -0.25) is 13.9 Å². The van der Waals surface area contributed by atoms with E-state index < -0.39 is 28.5 Å². The number of sulfonamides is 1. The van der Waals surface area contributed by atoms with Crippen molar-refractivity contribution in [3.63, 3.8) is 0 Å². The summed E-state index contributed by atoms with van der Waals surface area (Å²) in [5, 5.41) is 4.23. The second kappa shape index (κ2) is 12.9. The van der Waals surface area contributed by atoms with E-state index >= 15 is 0 Å². The summed E-state index contributed by atoms with van der Waals surface area (Å²) >= 11 is 24.6. The summed E-state index contributed by atoms with van der Waals surface area (Å²) in [5.74, 6) is -0.916. The van der Waals surface area contributed by atoms with Crippen LogP contribution in [0.5, 0.6) is 0 Å². The third-order valence-electron chi connectivity index (χ3n) is 6.29. The predicted octanol–water partition coefficient (Wildman–Crippen LogP) is 5.93. The van der Waals surface area contributed by atoms with Gasteiger partial charge in [0.25, 0.3) is 0 Å². The Morgan fingerprint density at radius 1 is 0.973 bits per heavy atom. The van der Waals surface area contributed by atoms with Gasteiger partial charge < -0.3 is 10.2 Å². The average molecular weight is 609 g/mol. The van der Waals surface area contributed by atoms with E-state index in [9.17, 15) is 18.0 Å². The van der Waals surface area contributed by atoms with Crippen molar-refractivity contribution in [3.8, 4) is 0 Å². The van der Waals surface area contributed by atoms with Crippen molar-refractivity contribution in [3.05, 3.63) is 62.1 Å². The van der Waals surface area contributed by atoms with Crippen LogP contribution in [0.15, 0.2) is 36.4 Å². The maximum atomic E-state index is 13.7. The minimum Gasteiger partial charge on any atom is -0.352 e. The van der Waals surface area contributed by atoms with E-state index in [2.05, 4.69) is 5.32 Å². The summed E-state index contributed by atoms with van der Waals surface area (Å²) < 4.78 is 26.3. The van der Waals surface area contributed by atoms with Gasteiger partial charge in [-0.15, -0.1) is 0 Å². The van der Waals surface area contributed by atoms with Crippen molar-refractivity contribution in [2.45, 2.75) is 57.7 Å². The Bertz CT molecular complexity index is 1230. The monoisotopic (exact) mass is 607 g/mol. The van der Waals surface area contributed by atoms with Crippen LogP contribution in [0.1, 0.15) is 44.6 Å². The number of hydrogen-bond acceptors (Lipinski definition) is 4. The molecule has 1 aliphatic carbocycles. The molecule has 0 radical (unpaired) electrons. The number of carbonyl (C=O) groups is 2. The number of nitrogens with one attached hydrogen (secondary N) is 1. The number of benzene rings is 2. The Balaban J connectivity index is 1.92. The Hall–Kier alpha value is -1.71. The molecule has 202 valence electrons. The molecule has 1 aliphatic rings. The molecule has 0 spiro atoms. The molecule has 2 amide bonds. The fourth-order valence-electron chi connectivity index (χ4n) is 4.28. The number of rotatable bonds is 9. The van der Waals surface area contributed by atoms with E-state index in [1.807, 2.05) is 0 Å². The van der Waals surface area contributed by atoms with Crippen LogP contribution in [0.4, 0.5) is 5.69 Å². The first-order valence-electron chi connectivity index (χ1n) is 11.8. The van der Waals surface area contributed by atoms with Crippen molar-refractivity contribution in [2.75, 3.05) is 17.1 Å². The molecular formula is C25H29Cl4N3O4S. The maximum absolute atomic E-state index is 13.7. The Kier molecular flexibility index (Phi) is 10.4. The van der Waals surface area contributed by atoms with Crippen LogP contribution < -0.4 is 9.62 Å². The van der Waals surface area contributed by atoms with Crippen LogP contribution in [0, 0.1) is 0 Å². The second-order valence-electron chi connectivity index (χ2n) is 9.17. The molecule has 0 saturated heterocycles. The summed E-state index contributed by atoms with van der Waals surface area (Å²) in [5.41, 5.74) is 0.700. The molecule has 0 unspecified atom stereocenters. The normalized spacial score (nSPS) is 15.2. The first-order valence-corrected chi connectivity index (χ1v) is 15.2. The fraction of sp³-hybridized carbons (Fsp3) is 0.440. The first kappa shape index (κ1) is 29.8. The first-order chi connectivity index (χ1) is 17.3. The van der Waals surface area contributed by atoms with Crippen molar-refractivity contribution in [2.24, 2.45) is 0 Å². The minimum atomic E-state index is -3.91. The summed E-state index contributed by atoms with van der Waals surface area (Å²) in [6.45, 7) is 1.02. The molecule has 1 N–H and O–H groups in total. The van der Waals surface area contributed by atoms with E-state index in [-0.39, 0.29) is 34.2 Å². The molecule has 0 aliphatic heterocycles. The molecule has 12 heteroatoms. The second-order valence-corrected chi connectivity index (χ2v) is 12.8. The number of amides is 2. The quantitative estimate of drug-likeness (QED) is 0.382. The van der Waals surface area contributed by atoms with Gasteiger partial charge in [0, 0.05) is 32.7 Å². The topological polar surface area (TPSA) is 86.8 Å². The van der Waals surface area contributed by atoms with Gasteiger partial charge in [0.2, 0.25) is 21.8 Å². The highest BCUT2D eigenvalue weighted by molar-refractivity contribution is 7.92. The Morgan fingerprint density at radius 2 is 1.59 bits per heavy atom. The number of halogens is 4. The highest BCUT2D eigenvalue weighted by atomic mass is 35.5. The zero-order valence-corrected chi connectivity index (χ0v) is 24.4. The summed E-state index contributed by atoms with van der Waals surface area (Å²) in [4.78, 5) is 28.2. The molecule has 1 fully saturated rings. The van der Waals surface area contributed by atoms with Crippen molar-refractivity contribution >= 4 is 73.9 Å². The molecule has 37 heavy (non-hydrogen) atoms. The lowest BCUT2D eigenvalue weighted by Crippen LogP contribution is -2.53. The number of carbonyl (C=O) groups excluding carboxylic acids is 2. The summed E-state index contributed by atoms with van der Waals surface area (Å²) in [7, 11) is -3.91. The van der Waals surface area contributed by atoms with Crippen molar-refractivity contribution in [1.82, 2.24) is 10.2 Å². The summed E-state index contributed by atoms with van der Waals surface area (Å²) in [6.07, 6.45) is 5.95. The van der Waals surface area contributed by atoms with Gasteiger partial charge in [0.05, 0.1) is 11.9 Å². The molecule has 1 saturated carbocycles. The third-order valence-corrected chi connectivity index (χ3v) is 8.45. The van der Waals surface area contributed by atoms with Gasteiger partial charge >= 0.3 is 0 Å². The van der Waals surface area contributed by atoms with E-state index in [4.69, 9.17) is 46.4 Å². The molecule has 0 bridgehead atoms. The predicted molar refractivity (Wildman–Crippen MR) is 150 cm³/mol. The van der Waals surface area contributed by atoms with Crippen molar-refractivity contribution in [1.29, 1.82) is 0 Å². The zero-order valence-electron chi connectivity index (χ0n) is 20.5. The van der Waals surface area contributed by atoms with Crippen LogP contribution in [-0.4, -0.2) is 50.0 Å². The van der Waals surface area contributed by atoms with Crippen LogP contribution >= 0.6 is 46.4 Å². The van der Waals surface area contributed by atoms with Crippen molar-refractivity contribution < 1.29 is 18.0 Å². The smallest absolute Gasteiger partial charge is 0.244 e. The maximum Gasteiger partial charge on any atom is 0.244 e. The van der Waals surface area contributed by atoms with E-state index in [0.717, 1.165) is 42.7 Å². The summed E-state index contributed by atoms with van der Waals surface area (Å²) in [6, 6.07) is 8.26. The van der Waals surface area contributed by atoms with Crippen LogP contribution in [0.25, 0.3) is 0 Å². The van der Waals surface area contributed by atoms with Crippen LogP contribution in [-0.2, 0) is 26.2 Å². The average Bonchev–Trinajstić information content (AvgIpc) is 2.80. The zero-order chi connectivity index (χ0) is 27.3. The lowest BCUT2D eigenvalue weighted by molar-refractivity contribution is -0.139. The SMILES string of the molecule is C[C@H](C(=O)NC1CCCCC1)N(Cc1ccc(Cl)cc1Cl)C(=O)CN(c1cc(Cl)cc(Cl)c1)S(C)(=O)=O. The molecule has 2 aromatic rings. The molecular weight excluding hydrogens is 580 g/mol. The Morgan fingerprint density at radius 3 is 2.16 bits per heavy atom. The van der Waals surface area contributed by atoms with Gasteiger partial charge in [-0.1, -0.05) is 71.7 Å². The molecule has 7 nitrogen and oxygen atoms in total. The van der Waals surface area contributed by atoms with Gasteiger partial charge in [0.1, 0.15) is 12.6 Å². The number of nitrogens with zero attached hydrogens (tertiary/aromatic N) is 2. The minimum absolute atomic E-state index is 0.0258. The molecule has 1 atom stereocenters. The van der Waals surface area contributed by atoms with Crippen LogP contribution in [0.2, 0.25) is 20.1 Å². The van der Waals surface area contributed by atoms with Gasteiger partial charge in [0.15, 0.2) is 0 Å². The highest BCUT2D eigenvalue weighted by Crippen LogP contribution is 2.28. The van der Waals surface area contributed by atoms with E-state index in [0.29, 0.717) is 15.6 Å². The van der Waals surface area contributed by atoms with Crippen LogP contribution in [0.3, 0.4) is 0 Å². The third kappa shape index (κ3) is 8.39. The molecule has 3 rings (SSSR count). The lowest BCUT2D eigenvalue weighted by Gasteiger charge is -2.33. The van der Waals surface area contributed by atoms with Gasteiger partial charge in [-0.2, -0.15) is 0 Å². The van der Waals surface area contributed by atoms with E-state index in [1.54, 1.807) is 25.1 Å². The van der Waals surface area contributed by atoms with Gasteiger partial charge in [-0.05, 0) is 55.7 Å². The molecule has 2 aromatic carbocycles. The fourth-order valence-corrected chi connectivity index (χ4v) is 6.10. The van der Waals surface area contributed by atoms with Gasteiger partial charge in [-0.25, -0.2) is 8.42 Å². The lowest BCUT2D eigenvalue weighted by atomic mass is 9.95. The highest BCUT2D eigenvalue weighted by Gasteiger charge is 2.31. The largest absolute Gasteiger partial charge is 0.352 e. The molecule has 0 aromatic heterocycles. The standard InChI is InChI=1S/C25H29Cl4N3O4S/c1-16(25(34)30-21-6-4-3-5-7-21)31(14-17-8-9-18(26)13-23(17)29)24(33)15-32(37(2,35)36)22-11-19(27)10-20(28)12-22/h8-13,16,21H,3-7,14-15H2,1-2H3,(H,30,34)/t16-/m1/s1. The Labute approximate surface area is 238 Å². The molecule has 0 heterocycles. The number of hydrogen-bond donors (Lipinski definition) is 1. The number of anilines is 1.